The molecule has 0 amide bonds. The van der Waals surface area contributed by atoms with Crippen molar-refractivity contribution >= 4 is 0 Å². The molecule has 120 valence electrons. The molecule has 0 aliphatic heterocycles. The Balaban J connectivity index is 2.60. The first-order chi connectivity index (χ1) is 9.65. The smallest absolute Gasteiger partial charge is 0.00501 e. The molecule has 0 radical (unpaired) electrons. The summed E-state index contributed by atoms with van der Waals surface area (Å²) in [7, 11) is 0. The molecule has 1 rings (SSSR count). The van der Waals surface area contributed by atoms with E-state index >= 15 is 0 Å². The van der Waals surface area contributed by atoms with Crippen LogP contribution in [-0.4, -0.2) is 37.6 Å². The van der Waals surface area contributed by atoms with Gasteiger partial charge in [-0.25, -0.2) is 0 Å². The van der Waals surface area contributed by atoms with Crippen molar-refractivity contribution in [2.75, 3.05) is 32.7 Å². The first-order valence-electron chi connectivity index (χ1n) is 9.09. The van der Waals surface area contributed by atoms with E-state index in [0.717, 1.165) is 5.92 Å². The van der Waals surface area contributed by atoms with E-state index in [1.165, 1.54) is 77.7 Å². The van der Waals surface area contributed by atoms with Crippen molar-refractivity contribution in [2.24, 2.45) is 11.3 Å². The van der Waals surface area contributed by atoms with Crippen LogP contribution in [0.4, 0.5) is 0 Å². The molecule has 0 aromatic rings. The fraction of sp³-hybridized carbons (Fsp3) is 1.00. The first kappa shape index (κ1) is 18.0. The minimum Gasteiger partial charge on any atom is -0.316 e. The third-order valence-electron chi connectivity index (χ3n) is 4.90. The van der Waals surface area contributed by atoms with Gasteiger partial charge in [-0.2, -0.15) is 0 Å². The second-order valence-electron chi connectivity index (χ2n) is 7.14. The van der Waals surface area contributed by atoms with Crippen LogP contribution in [0.25, 0.3) is 0 Å². The second kappa shape index (κ2) is 9.78. The molecule has 1 saturated carbocycles. The summed E-state index contributed by atoms with van der Waals surface area (Å²) in [6.07, 6.45) is 9.53. The third kappa shape index (κ3) is 6.13. The van der Waals surface area contributed by atoms with Crippen LogP contribution in [0.2, 0.25) is 0 Å². The summed E-state index contributed by atoms with van der Waals surface area (Å²) in [5, 5.41) is 3.72. The molecule has 1 N–H and O–H groups in total. The number of hydrogen-bond donors (Lipinski definition) is 1. The molecule has 0 spiro atoms. The van der Waals surface area contributed by atoms with Crippen molar-refractivity contribution in [1.29, 1.82) is 0 Å². The maximum Gasteiger partial charge on any atom is 0.00501 e. The Morgan fingerprint density at radius 2 is 1.60 bits per heavy atom. The molecule has 0 unspecified atom stereocenters. The zero-order chi connectivity index (χ0) is 14.8. The van der Waals surface area contributed by atoms with Gasteiger partial charge in [-0.05, 0) is 63.1 Å². The minimum atomic E-state index is 0.548. The molecule has 0 saturated heterocycles. The lowest BCUT2D eigenvalue weighted by molar-refractivity contribution is 0.0862. The maximum atomic E-state index is 3.72. The van der Waals surface area contributed by atoms with E-state index < -0.39 is 0 Å². The zero-order valence-electron chi connectivity index (χ0n) is 14.5. The predicted octanol–water partition coefficient (Wildman–Crippen LogP) is 4.30. The van der Waals surface area contributed by atoms with Crippen molar-refractivity contribution in [3.8, 4) is 0 Å². The van der Waals surface area contributed by atoms with Crippen molar-refractivity contribution in [3.63, 3.8) is 0 Å². The van der Waals surface area contributed by atoms with Gasteiger partial charge in [0.2, 0.25) is 0 Å². The molecule has 0 atom stereocenters. The van der Waals surface area contributed by atoms with Crippen LogP contribution in [0, 0.1) is 11.3 Å². The molecule has 20 heavy (non-hydrogen) atoms. The van der Waals surface area contributed by atoms with Crippen LogP contribution in [0.1, 0.15) is 72.6 Å². The lowest BCUT2D eigenvalue weighted by Gasteiger charge is -2.43. The van der Waals surface area contributed by atoms with Crippen molar-refractivity contribution in [3.05, 3.63) is 0 Å². The van der Waals surface area contributed by atoms with Crippen molar-refractivity contribution < 1.29 is 0 Å². The normalized spacial score (nSPS) is 27.1. The maximum absolute atomic E-state index is 3.72. The van der Waals surface area contributed by atoms with E-state index in [0.29, 0.717) is 5.41 Å². The summed E-state index contributed by atoms with van der Waals surface area (Å²) in [5.74, 6) is 0.945. The quantitative estimate of drug-likeness (QED) is 0.601. The summed E-state index contributed by atoms with van der Waals surface area (Å²) < 4.78 is 0. The van der Waals surface area contributed by atoms with Crippen LogP contribution >= 0.6 is 0 Å². The van der Waals surface area contributed by atoms with E-state index in [2.05, 4.69) is 37.9 Å². The molecule has 1 aliphatic rings. The monoisotopic (exact) mass is 282 g/mol. The van der Waals surface area contributed by atoms with Crippen LogP contribution in [0.3, 0.4) is 0 Å². The minimum absolute atomic E-state index is 0.548. The molecule has 2 heteroatoms. The molecule has 1 fully saturated rings. The summed E-state index contributed by atoms with van der Waals surface area (Å²) in [5.41, 5.74) is 0.548. The first-order valence-corrected chi connectivity index (χ1v) is 9.09. The molecule has 0 aromatic carbocycles. The Labute approximate surface area is 127 Å². The van der Waals surface area contributed by atoms with Crippen molar-refractivity contribution in [2.45, 2.75) is 72.6 Å². The topological polar surface area (TPSA) is 15.3 Å². The zero-order valence-corrected chi connectivity index (χ0v) is 14.5. The number of hydrogen-bond acceptors (Lipinski definition) is 2. The molecule has 0 bridgehead atoms. The largest absolute Gasteiger partial charge is 0.316 e. The van der Waals surface area contributed by atoms with Crippen LogP contribution in [0.15, 0.2) is 0 Å². The highest BCUT2D eigenvalue weighted by molar-refractivity contribution is 4.89. The summed E-state index contributed by atoms with van der Waals surface area (Å²) in [6, 6.07) is 0. The Bertz CT molecular complexity index is 226. The second-order valence-corrected chi connectivity index (χ2v) is 7.14. The molecule has 0 heterocycles. The van der Waals surface area contributed by atoms with Crippen molar-refractivity contribution in [1.82, 2.24) is 10.2 Å². The molecule has 1 aliphatic carbocycles. The van der Waals surface area contributed by atoms with Gasteiger partial charge < -0.3 is 10.2 Å². The summed E-state index contributed by atoms with van der Waals surface area (Å²) in [6.45, 7) is 15.6. The van der Waals surface area contributed by atoms with Gasteiger partial charge in [0.05, 0.1) is 0 Å². The van der Waals surface area contributed by atoms with E-state index in [4.69, 9.17) is 0 Å². The fourth-order valence-electron chi connectivity index (χ4n) is 3.67. The average molecular weight is 283 g/mol. The van der Waals surface area contributed by atoms with Gasteiger partial charge in [0.1, 0.15) is 0 Å². The number of rotatable bonds is 10. The highest BCUT2D eigenvalue weighted by atomic mass is 15.1. The van der Waals surface area contributed by atoms with Gasteiger partial charge >= 0.3 is 0 Å². The molecule has 0 aromatic heterocycles. The standard InChI is InChI=1S/C18H38N2/c1-5-12-19-15-18(10-8-17(4)9-11-18)16-20(13-6-2)14-7-3/h17,19H,5-16H2,1-4H3. The Morgan fingerprint density at radius 1 is 1.00 bits per heavy atom. The van der Waals surface area contributed by atoms with E-state index in [1.807, 2.05) is 0 Å². The predicted molar refractivity (Wildman–Crippen MR) is 90.2 cm³/mol. The van der Waals surface area contributed by atoms with Crippen LogP contribution in [-0.2, 0) is 0 Å². The van der Waals surface area contributed by atoms with Gasteiger partial charge in [0.25, 0.3) is 0 Å². The third-order valence-corrected chi connectivity index (χ3v) is 4.90. The van der Waals surface area contributed by atoms with Crippen LogP contribution in [0.5, 0.6) is 0 Å². The Hall–Kier alpha value is -0.0800. The van der Waals surface area contributed by atoms with E-state index in [-0.39, 0.29) is 0 Å². The van der Waals surface area contributed by atoms with E-state index in [9.17, 15) is 0 Å². The number of nitrogens with zero attached hydrogens (tertiary/aromatic N) is 1. The molecular formula is C18H38N2. The molecule has 2 nitrogen and oxygen atoms in total. The average Bonchev–Trinajstić information content (AvgIpc) is 2.43. The Morgan fingerprint density at radius 3 is 2.10 bits per heavy atom. The van der Waals surface area contributed by atoms with Gasteiger partial charge in [-0.15, -0.1) is 0 Å². The van der Waals surface area contributed by atoms with E-state index in [1.54, 1.807) is 0 Å². The van der Waals surface area contributed by atoms with Gasteiger partial charge in [0, 0.05) is 13.1 Å². The number of nitrogens with one attached hydrogen (secondary N) is 1. The summed E-state index contributed by atoms with van der Waals surface area (Å²) >= 11 is 0. The Kier molecular flexibility index (Phi) is 8.79. The highest BCUT2D eigenvalue weighted by Gasteiger charge is 2.35. The fourth-order valence-corrected chi connectivity index (χ4v) is 3.67. The summed E-state index contributed by atoms with van der Waals surface area (Å²) in [4.78, 5) is 2.73. The van der Waals surface area contributed by atoms with Gasteiger partial charge in [0.15, 0.2) is 0 Å². The van der Waals surface area contributed by atoms with Gasteiger partial charge in [-0.3, -0.25) is 0 Å². The SMILES string of the molecule is CCCNCC1(CN(CCC)CCC)CCC(C)CC1. The lowest BCUT2D eigenvalue weighted by Crippen LogP contribution is -2.46. The van der Waals surface area contributed by atoms with Gasteiger partial charge in [-0.1, -0.05) is 40.5 Å². The van der Waals surface area contributed by atoms with Crippen LogP contribution < -0.4 is 5.32 Å². The molecular weight excluding hydrogens is 244 g/mol. The lowest BCUT2D eigenvalue weighted by atomic mass is 9.70. The highest BCUT2D eigenvalue weighted by Crippen LogP contribution is 2.39.